The third-order valence-electron chi connectivity index (χ3n) is 4.67. The zero-order valence-corrected chi connectivity index (χ0v) is 14.0. The number of carbonyl (C=O) groups is 1. The largest absolute Gasteiger partial charge is 0.440 e. The summed E-state index contributed by atoms with van der Waals surface area (Å²) < 4.78 is 5.89. The normalized spacial score (nSPS) is 16.2. The molecule has 1 saturated heterocycles. The quantitative estimate of drug-likeness (QED) is 0.791. The standard InChI is InChI=1S/C20H21N3O2/c24-19(21-16-6-2-1-3-7-16)14-23-12-10-15(11-13-23)20-22-17-8-4-5-9-18(17)25-20/h1-9,15H,10-14H2,(H,21,24). The van der Waals surface area contributed by atoms with Crippen molar-refractivity contribution in [3.63, 3.8) is 0 Å². The molecule has 128 valence electrons. The van der Waals surface area contributed by atoms with E-state index in [0.29, 0.717) is 12.5 Å². The van der Waals surface area contributed by atoms with Gasteiger partial charge in [-0.2, -0.15) is 0 Å². The van der Waals surface area contributed by atoms with Crippen LogP contribution in [0.3, 0.4) is 0 Å². The zero-order chi connectivity index (χ0) is 17.1. The summed E-state index contributed by atoms with van der Waals surface area (Å²) >= 11 is 0. The van der Waals surface area contributed by atoms with Gasteiger partial charge in [-0.15, -0.1) is 0 Å². The maximum Gasteiger partial charge on any atom is 0.238 e. The van der Waals surface area contributed by atoms with Crippen LogP contribution in [0.15, 0.2) is 59.0 Å². The molecule has 4 rings (SSSR count). The number of para-hydroxylation sites is 3. The van der Waals surface area contributed by atoms with E-state index < -0.39 is 0 Å². The fraction of sp³-hybridized carbons (Fsp3) is 0.300. The number of benzene rings is 2. The number of amides is 1. The summed E-state index contributed by atoms with van der Waals surface area (Å²) in [6, 6.07) is 17.4. The highest BCUT2D eigenvalue weighted by molar-refractivity contribution is 5.92. The van der Waals surface area contributed by atoms with Crippen LogP contribution in [0.2, 0.25) is 0 Å². The molecule has 0 radical (unpaired) electrons. The van der Waals surface area contributed by atoms with Gasteiger partial charge in [-0.1, -0.05) is 30.3 Å². The van der Waals surface area contributed by atoms with Crippen LogP contribution in [-0.2, 0) is 4.79 Å². The first-order chi connectivity index (χ1) is 12.3. The topological polar surface area (TPSA) is 58.4 Å². The number of nitrogens with zero attached hydrogens (tertiary/aromatic N) is 2. The number of hydrogen-bond acceptors (Lipinski definition) is 4. The van der Waals surface area contributed by atoms with Crippen LogP contribution in [0.1, 0.15) is 24.7 Å². The van der Waals surface area contributed by atoms with E-state index in [9.17, 15) is 4.79 Å². The highest BCUT2D eigenvalue weighted by Gasteiger charge is 2.25. The van der Waals surface area contributed by atoms with Gasteiger partial charge in [0.15, 0.2) is 11.5 Å². The number of rotatable bonds is 4. The second-order valence-electron chi connectivity index (χ2n) is 6.48. The van der Waals surface area contributed by atoms with Gasteiger partial charge in [0, 0.05) is 11.6 Å². The van der Waals surface area contributed by atoms with Crippen LogP contribution >= 0.6 is 0 Å². The number of oxazole rings is 1. The lowest BCUT2D eigenvalue weighted by molar-refractivity contribution is -0.117. The molecule has 1 N–H and O–H groups in total. The molecule has 0 spiro atoms. The maximum atomic E-state index is 12.2. The molecular weight excluding hydrogens is 314 g/mol. The first-order valence-electron chi connectivity index (χ1n) is 8.71. The lowest BCUT2D eigenvalue weighted by atomic mass is 9.97. The molecule has 2 aromatic carbocycles. The third-order valence-corrected chi connectivity index (χ3v) is 4.67. The number of hydrogen-bond donors (Lipinski definition) is 1. The molecule has 0 saturated carbocycles. The van der Waals surface area contributed by atoms with E-state index in [4.69, 9.17) is 4.42 Å². The van der Waals surface area contributed by atoms with Crippen molar-refractivity contribution in [2.75, 3.05) is 25.0 Å². The average molecular weight is 335 g/mol. The van der Waals surface area contributed by atoms with Crippen molar-refractivity contribution < 1.29 is 9.21 Å². The van der Waals surface area contributed by atoms with E-state index in [1.54, 1.807) is 0 Å². The number of likely N-dealkylation sites (tertiary alicyclic amines) is 1. The summed E-state index contributed by atoms with van der Waals surface area (Å²) in [6.45, 7) is 2.19. The van der Waals surface area contributed by atoms with Gasteiger partial charge in [0.1, 0.15) is 5.52 Å². The lowest BCUT2D eigenvalue weighted by Gasteiger charge is -2.29. The highest BCUT2D eigenvalue weighted by atomic mass is 16.3. The molecule has 0 aliphatic carbocycles. The number of aromatic nitrogens is 1. The van der Waals surface area contributed by atoms with Crippen LogP contribution in [0.4, 0.5) is 5.69 Å². The maximum absolute atomic E-state index is 12.2. The fourth-order valence-corrected chi connectivity index (χ4v) is 3.33. The Bertz CT molecular complexity index is 819. The molecular formula is C20H21N3O2. The molecule has 0 unspecified atom stereocenters. The van der Waals surface area contributed by atoms with E-state index in [1.165, 1.54) is 0 Å². The van der Waals surface area contributed by atoms with Gasteiger partial charge in [0.05, 0.1) is 6.54 Å². The summed E-state index contributed by atoms with van der Waals surface area (Å²) in [6.07, 6.45) is 1.93. The van der Waals surface area contributed by atoms with Crippen molar-refractivity contribution in [3.8, 4) is 0 Å². The third kappa shape index (κ3) is 3.72. The minimum atomic E-state index is 0.0338. The first-order valence-corrected chi connectivity index (χ1v) is 8.71. The number of carbonyl (C=O) groups excluding carboxylic acids is 1. The van der Waals surface area contributed by atoms with Crippen molar-refractivity contribution in [2.24, 2.45) is 0 Å². The molecule has 2 heterocycles. The molecule has 5 nitrogen and oxygen atoms in total. The first kappa shape index (κ1) is 15.8. The number of anilines is 1. The lowest BCUT2D eigenvalue weighted by Crippen LogP contribution is -2.38. The molecule has 5 heteroatoms. The van der Waals surface area contributed by atoms with Crippen molar-refractivity contribution in [2.45, 2.75) is 18.8 Å². The average Bonchev–Trinajstić information content (AvgIpc) is 3.07. The Balaban J connectivity index is 1.31. The van der Waals surface area contributed by atoms with Gasteiger partial charge in [-0.25, -0.2) is 4.98 Å². The number of fused-ring (bicyclic) bond motifs is 1. The summed E-state index contributed by atoms with van der Waals surface area (Å²) in [7, 11) is 0. The van der Waals surface area contributed by atoms with Gasteiger partial charge < -0.3 is 9.73 Å². The Morgan fingerprint density at radius 1 is 1.08 bits per heavy atom. The fourth-order valence-electron chi connectivity index (χ4n) is 3.33. The molecule has 1 aromatic heterocycles. The van der Waals surface area contributed by atoms with E-state index in [-0.39, 0.29) is 5.91 Å². The van der Waals surface area contributed by atoms with Crippen molar-refractivity contribution >= 4 is 22.7 Å². The van der Waals surface area contributed by atoms with Crippen LogP contribution in [-0.4, -0.2) is 35.4 Å². The minimum Gasteiger partial charge on any atom is -0.440 e. The Hall–Kier alpha value is -2.66. The van der Waals surface area contributed by atoms with Crippen molar-refractivity contribution in [1.82, 2.24) is 9.88 Å². The SMILES string of the molecule is O=C(CN1CCC(c2nc3ccccc3o2)CC1)Nc1ccccc1. The molecule has 25 heavy (non-hydrogen) atoms. The van der Waals surface area contributed by atoms with Gasteiger partial charge in [0.2, 0.25) is 5.91 Å². The predicted octanol–water partition coefficient (Wildman–Crippen LogP) is 3.65. The molecule has 1 aliphatic rings. The summed E-state index contributed by atoms with van der Waals surface area (Å²) in [5, 5.41) is 2.94. The van der Waals surface area contributed by atoms with E-state index in [2.05, 4.69) is 15.2 Å². The Kier molecular flexibility index (Phi) is 4.48. The predicted molar refractivity (Wildman–Crippen MR) is 97.5 cm³/mol. The van der Waals surface area contributed by atoms with E-state index >= 15 is 0 Å². The summed E-state index contributed by atoms with van der Waals surface area (Å²) in [5.74, 6) is 1.20. The van der Waals surface area contributed by atoms with Gasteiger partial charge in [-0.05, 0) is 50.2 Å². The van der Waals surface area contributed by atoms with E-state index in [0.717, 1.165) is 48.6 Å². The van der Waals surface area contributed by atoms with Crippen LogP contribution in [0.5, 0.6) is 0 Å². The Morgan fingerprint density at radius 2 is 1.80 bits per heavy atom. The van der Waals surface area contributed by atoms with Crippen molar-refractivity contribution in [3.05, 3.63) is 60.5 Å². The molecule has 0 bridgehead atoms. The van der Waals surface area contributed by atoms with Crippen LogP contribution in [0, 0.1) is 0 Å². The minimum absolute atomic E-state index is 0.0338. The van der Waals surface area contributed by atoms with Gasteiger partial charge in [-0.3, -0.25) is 9.69 Å². The van der Waals surface area contributed by atoms with Crippen LogP contribution in [0.25, 0.3) is 11.1 Å². The monoisotopic (exact) mass is 335 g/mol. The Labute approximate surface area is 146 Å². The summed E-state index contributed by atoms with van der Waals surface area (Å²) in [4.78, 5) is 19.0. The van der Waals surface area contributed by atoms with E-state index in [1.807, 2.05) is 54.6 Å². The molecule has 1 aliphatic heterocycles. The van der Waals surface area contributed by atoms with Crippen LogP contribution < -0.4 is 5.32 Å². The second kappa shape index (κ2) is 7.07. The van der Waals surface area contributed by atoms with Gasteiger partial charge in [0.25, 0.3) is 0 Å². The summed E-state index contributed by atoms with van der Waals surface area (Å²) in [5.41, 5.74) is 2.61. The molecule has 0 atom stereocenters. The highest BCUT2D eigenvalue weighted by Crippen LogP contribution is 2.29. The smallest absolute Gasteiger partial charge is 0.238 e. The molecule has 1 amide bonds. The number of piperidine rings is 1. The number of nitrogens with one attached hydrogen (secondary N) is 1. The van der Waals surface area contributed by atoms with Crippen molar-refractivity contribution in [1.29, 1.82) is 0 Å². The molecule has 1 fully saturated rings. The zero-order valence-electron chi connectivity index (χ0n) is 14.0. The van der Waals surface area contributed by atoms with Gasteiger partial charge >= 0.3 is 0 Å². The molecule has 3 aromatic rings. The Morgan fingerprint density at radius 3 is 2.56 bits per heavy atom. The second-order valence-corrected chi connectivity index (χ2v) is 6.48.